The normalized spacial score (nSPS) is 20.4. The van der Waals surface area contributed by atoms with Crippen molar-refractivity contribution in [2.75, 3.05) is 45.3 Å². The number of piperidine rings is 2. The molecule has 2 aromatic carbocycles. The zero-order chi connectivity index (χ0) is 34.0. The van der Waals surface area contributed by atoms with Crippen LogP contribution in [0.25, 0.3) is 22.0 Å². The van der Waals surface area contributed by atoms with E-state index in [4.69, 9.17) is 14.6 Å². The molecule has 2 amide bonds. The molecule has 0 radical (unpaired) electrons. The number of aryl methyl sites for hydroxylation is 2. The molecule has 1 unspecified atom stereocenters. The van der Waals surface area contributed by atoms with Crippen LogP contribution in [0.4, 0.5) is 5.69 Å². The van der Waals surface area contributed by atoms with Gasteiger partial charge in [0.25, 0.3) is 5.56 Å². The van der Waals surface area contributed by atoms with Crippen LogP contribution in [0.3, 0.4) is 0 Å². The molecule has 3 aliphatic heterocycles. The van der Waals surface area contributed by atoms with Crippen molar-refractivity contribution in [3.05, 3.63) is 69.3 Å². The van der Waals surface area contributed by atoms with Gasteiger partial charge >= 0.3 is 0 Å². The Labute approximate surface area is 285 Å². The van der Waals surface area contributed by atoms with Crippen molar-refractivity contribution in [2.45, 2.75) is 57.4 Å². The zero-order valence-corrected chi connectivity index (χ0v) is 28.8. The Balaban J connectivity index is 0.943. The van der Waals surface area contributed by atoms with E-state index in [1.165, 1.54) is 5.69 Å². The fourth-order valence-corrected chi connectivity index (χ4v) is 8.72. The topological polar surface area (TPSA) is 111 Å². The Bertz CT molecular complexity index is 2020. The van der Waals surface area contributed by atoms with Gasteiger partial charge in [0.15, 0.2) is 0 Å². The molecule has 1 N–H and O–H groups in total. The first-order valence-electron chi connectivity index (χ1n) is 17.4. The van der Waals surface area contributed by atoms with Crippen LogP contribution in [0.5, 0.6) is 11.5 Å². The van der Waals surface area contributed by atoms with E-state index in [0.717, 1.165) is 121 Å². The molecule has 5 heterocycles. The first-order chi connectivity index (χ1) is 23.7. The highest BCUT2D eigenvalue weighted by atomic mass is 16.5. The number of hydrogen-bond donors (Lipinski definition) is 1. The summed E-state index contributed by atoms with van der Waals surface area (Å²) in [6.45, 7) is 4.81. The number of nitrogens with one attached hydrogen (secondary N) is 1. The van der Waals surface area contributed by atoms with Crippen LogP contribution < -0.4 is 25.2 Å². The molecular weight excluding hydrogens is 620 g/mol. The lowest BCUT2D eigenvalue weighted by atomic mass is 9.71. The summed E-state index contributed by atoms with van der Waals surface area (Å²) < 4.78 is 15.5. The van der Waals surface area contributed by atoms with Gasteiger partial charge in [-0.25, -0.2) is 0 Å². The van der Waals surface area contributed by atoms with E-state index < -0.39 is 5.92 Å². The molecule has 1 atom stereocenters. The maximum Gasteiger partial charge on any atom is 0.253 e. The van der Waals surface area contributed by atoms with Crippen LogP contribution in [-0.2, 0) is 43.1 Å². The number of carbonyl (C=O) groups is 2. The largest absolute Gasteiger partial charge is 0.496 e. The van der Waals surface area contributed by atoms with Crippen LogP contribution in [0.2, 0.25) is 0 Å². The third-order valence-electron chi connectivity index (χ3n) is 11.5. The number of ether oxygens (including phenoxy) is 2. The minimum atomic E-state index is -0.399. The molecule has 0 saturated carbocycles. The molecule has 11 nitrogen and oxygen atoms in total. The fraction of sp³-hybridized carbons (Fsp3) is 0.474. The first kappa shape index (κ1) is 31.6. The van der Waals surface area contributed by atoms with E-state index in [1.54, 1.807) is 18.8 Å². The number of carbonyl (C=O) groups excluding carboxylic acids is 2. The van der Waals surface area contributed by atoms with Gasteiger partial charge in [0, 0.05) is 74.0 Å². The van der Waals surface area contributed by atoms with Crippen LogP contribution in [0.15, 0.2) is 41.3 Å². The highest BCUT2D eigenvalue weighted by Crippen LogP contribution is 2.45. The summed E-state index contributed by atoms with van der Waals surface area (Å²) in [5.41, 5.74) is 8.61. The third kappa shape index (κ3) is 5.39. The molecule has 2 aromatic heterocycles. The van der Waals surface area contributed by atoms with Gasteiger partial charge < -0.3 is 18.9 Å². The number of rotatable bonds is 7. The summed E-state index contributed by atoms with van der Waals surface area (Å²) in [4.78, 5) is 41.9. The Morgan fingerprint density at radius 2 is 1.65 bits per heavy atom. The molecule has 0 bridgehead atoms. The lowest BCUT2D eigenvalue weighted by molar-refractivity contribution is -0.134. The minimum Gasteiger partial charge on any atom is -0.496 e. The standard InChI is InChI=1S/C38H44N6O5/c1-41-19-29(25-6-5-7-26(25)37(41)47)23-16-32(48-3)30(33(17-23)49-4)20-43-14-12-38(13-15-43)21-44(22-38)24-8-9-27-31(18-24)42(2)40-35(27)28-10-11-34(45)39-36(28)46/h8-9,16-19,28H,5-7,10-15,20-22H2,1-4H3,(H,39,45,46). The summed E-state index contributed by atoms with van der Waals surface area (Å²) in [6.07, 6.45) is 7.82. The monoisotopic (exact) mass is 664 g/mol. The van der Waals surface area contributed by atoms with E-state index in [-0.39, 0.29) is 17.4 Å². The molecule has 4 aromatic rings. The SMILES string of the molecule is COc1cc(-c2cn(C)c(=O)c3c2CCC3)cc(OC)c1CN1CCC2(CC1)CN(c1ccc3c(C4CCC(=O)NC4=O)nn(C)c3c1)C2. The Morgan fingerprint density at radius 1 is 0.939 bits per heavy atom. The summed E-state index contributed by atoms with van der Waals surface area (Å²) in [5.74, 6) is 0.766. The lowest BCUT2D eigenvalue weighted by Crippen LogP contribution is -2.60. The number of fused-ring (bicyclic) bond motifs is 2. The summed E-state index contributed by atoms with van der Waals surface area (Å²) in [5, 5.41) is 8.16. The number of hydrogen-bond acceptors (Lipinski definition) is 8. The van der Waals surface area contributed by atoms with Crippen molar-refractivity contribution < 1.29 is 19.1 Å². The summed E-state index contributed by atoms with van der Waals surface area (Å²) in [7, 11) is 7.20. The van der Waals surface area contributed by atoms with Gasteiger partial charge in [0.05, 0.1) is 36.9 Å². The van der Waals surface area contributed by atoms with E-state index in [1.807, 2.05) is 25.0 Å². The van der Waals surface area contributed by atoms with Crippen molar-refractivity contribution >= 4 is 28.4 Å². The van der Waals surface area contributed by atoms with Crippen molar-refractivity contribution in [1.29, 1.82) is 0 Å². The van der Waals surface area contributed by atoms with E-state index in [0.29, 0.717) is 18.3 Å². The van der Waals surface area contributed by atoms with E-state index >= 15 is 0 Å². The van der Waals surface area contributed by atoms with Crippen molar-refractivity contribution in [3.63, 3.8) is 0 Å². The number of benzene rings is 2. The van der Waals surface area contributed by atoms with Gasteiger partial charge in [0.1, 0.15) is 11.5 Å². The quantitative estimate of drug-likeness (QED) is 0.295. The minimum absolute atomic E-state index is 0.111. The maximum atomic E-state index is 12.7. The summed E-state index contributed by atoms with van der Waals surface area (Å²) in [6, 6.07) is 10.6. The van der Waals surface area contributed by atoms with Gasteiger partial charge in [-0.3, -0.25) is 29.3 Å². The molecule has 3 fully saturated rings. The van der Waals surface area contributed by atoms with E-state index in [9.17, 15) is 14.4 Å². The van der Waals surface area contributed by atoms with Crippen molar-refractivity contribution in [3.8, 4) is 22.6 Å². The Hall–Kier alpha value is -4.64. The molecule has 49 heavy (non-hydrogen) atoms. The van der Waals surface area contributed by atoms with Gasteiger partial charge in [-0.15, -0.1) is 0 Å². The van der Waals surface area contributed by atoms with Crippen molar-refractivity contribution in [2.24, 2.45) is 19.5 Å². The highest BCUT2D eigenvalue weighted by Gasteiger charge is 2.45. The number of anilines is 1. The lowest BCUT2D eigenvalue weighted by Gasteiger charge is -2.55. The number of nitrogens with zero attached hydrogens (tertiary/aromatic N) is 5. The number of likely N-dealkylation sites (tertiary alicyclic amines) is 1. The van der Waals surface area contributed by atoms with Gasteiger partial charge in [0.2, 0.25) is 11.8 Å². The molecule has 11 heteroatoms. The predicted octanol–water partition coefficient (Wildman–Crippen LogP) is 4.07. The second kappa shape index (κ2) is 12.0. The smallest absolute Gasteiger partial charge is 0.253 e. The second-order valence-electron chi connectivity index (χ2n) is 14.5. The molecule has 8 rings (SSSR count). The van der Waals surface area contributed by atoms with Crippen LogP contribution in [0, 0.1) is 5.41 Å². The first-order valence-corrected chi connectivity index (χ1v) is 17.4. The highest BCUT2D eigenvalue weighted by molar-refractivity contribution is 6.02. The van der Waals surface area contributed by atoms with Gasteiger partial charge in [-0.2, -0.15) is 5.10 Å². The van der Waals surface area contributed by atoms with Crippen LogP contribution in [-0.4, -0.2) is 71.5 Å². The molecule has 4 aliphatic rings. The Morgan fingerprint density at radius 3 is 2.35 bits per heavy atom. The third-order valence-corrected chi connectivity index (χ3v) is 11.5. The van der Waals surface area contributed by atoms with Crippen molar-refractivity contribution in [1.82, 2.24) is 24.6 Å². The van der Waals surface area contributed by atoms with Crippen LogP contribution in [0.1, 0.15) is 60.4 Å². The van der Waals surface area contributed by atoms with Gasteiger partial charge in [-0.1, -0.05) is 0 Å². The zero-order valence-electron chi connectivity index (χ0n) is 28.8. The van der Waals surface area contributed by atoms with Crippen LogP contribution >= 0.6 is 0 Å². The summed E-state index contributed by atoms with van der Waals surface area (Å²) >= 11 is 0. The van der Waals surface area contributed by atoms with E-state index in [2.05, 4.69) is 45.4 Å². The maximum absolute atomic E-state index is 12.7. The Kier molecular flexibility index (Phi) is 7.77. The number of amides is 2. The molecular formula is C38H44N6O5. The molecule has 256 valence electrons. The molecule has 1 spiro atoms. The molecule has 1 aliphatic carbocycles. The number of methoxy groups -OCH3 is 2. The average molecular weight is 665 g/mol. The second-order valence-corrected chi connectivity index (χ2v) is 14.5. The van der Waals surface area contributed by atoms with Gasteiger partial charge in [-0.05, 0) is 93.1 Å². The molecule has 3 saturated heterocycles. The number of imide groups is 1. The number of pyridine rings is 1. The fourth-order valence-electron chi connectivity index (χ4n) is 8.72. The number of aromatic nitrogens is 3. The predicted molar refractivity (Wildman–Crippen MR) is 187 cm³/mol. The average Bonchev–Trinajstić information content (AvgIpc) is 3.71.